The van der Waals surface area contributed by atoms with Crippen LogP contribution in [-0.4, -0.2) is 20.6 Å². The molecule has 1 aromatic heterocycles. The number of benzene rings is 1. The number of carboxylic acids is 1. The van der Waals surface area contributed by atoms with E-state index in [-0.39, 0.29) is 5.82 Å². The predicted molar refractivity (Wildman–Crippen MR) is 60.3 cm³/mol. The Morgan fingerprint density at radius 1 is 1.38 bits per heavy atom. The SMILES string of the molecule is CCn1cc(-c2ccccc2)nc1C(=O)O. The van der Waals surface area contributed by atoms with Crippen LogP contribution in [0.1, 0.15) is 17.5 Å². The van der Waals surface area contributed by atoms with Crippen molar-refractivity contribution in [3.05, 3.63) is 42.4 Å². The van der Waals surface area contributed by atoms with Crippen LogP contribution in [0.4, 0.5) is 0 Å². The second-order valence-corrected chi connectivity index (χ2v) is 3.41. The highest BCUT2D eigenvalue weighted by molar-refractivity contribution is 5.84. The summed E-state index contributed by atoms with van der Waals surface area (Å²) in [7, 11) is 0. The zero-order valence-electron chi connectivity index (χ0n) is 8.92. The van der Waals surface area contributed by atoms with Crippen molar-refractivity contribution in [2.24, 2.45) is 0 Å². The van der Waals surface area contributed by atoms with Crippen LogP contribution >= 0.6 is 0 Å². The third-order valence-corrected chi connectivity index (χ3v) is 2.38. The predicted octanol–water partition coefficient (Wildman–Crippen LogP) is 2.27. The summed E-state index contributed by atoms with van der Waals surface area (Å²) in [5, 5.41) is 8.97. The van der Waals surface area contributed by atoms with E-state index < -0.39 is 5.97 Å². The van der Waals surface area contributed by atoms with Crippen molar-refractivity contribution in [2.45, 2.75) is 13.5 Å². The summed E-state index contributed by atoms with van der Waals surface area (Å²) in [6, 6.07) is 9.54. The van der Waals surface area contributed by atoms with E-state index in [1.807, 2.05) is 37.3 Å². The van der Waals surface area contributed by atoms with Crippen molar-refractivity contribution in [3.8, 4) is 11.3 Å². The number of hydrogen-bond donors (Lipinski definition) is 1. The van der Waals surface area contributed by atoms with Gasteiger partial charge in [-0.2, -0.15) is 0 Å². The summed E-state index contributed by atoms with van der Waals surface area (Å²) in [5.74, 6) is -0.912. The summed E-state index contributed by atoms with van der Waals surface area (Å²) >= 11 is 0. The number of imidazole rings is 1. The van der Waals surface area contributed by atoms with Crippen LogP contribution in [0.5, 0.6) is 0 Å². The molecular formula is C12H12N2O2. The normalized spacial score (nSPS) is 10.3. The Bertz CT molecular complexity index is 503. The van der Waals surface area contributed by atoms with Crippen LogP contribution in [0.3, 0.4) is 0 Å². The van der Waals surface area contributed by atoms with Gasteiger partial charge in [0.05, 0.1) is 5.69 Å². The molecule has 0 radical (unpaired) electrons. The van der Waals surface area contributed by atoms with Gasteiger partial charge in [-0.3, -0.25) is 0 Å². The van der Waals surface area contributed by atoms with Crippen molar-refractivity contribution in [1.29, 1.82) is 0 Å². The van der Waals surface area contributed by atoms with Gasteiger partial charge in [0.2, 0.25) is 5.82 Å². The molecule has 0 spiro atoms. The van der Waals surface area contributed by atoms with E-state index in [1.54, 1.807) is 10.8 Å². The molecule has 1 aromatic carbocycles. The van der Waals surface area contributed by atoms with Gasteiger partial charge >= 0.3 is 5.97 Å². The molecule has 0 aliphatic rings. The summed E-state index contributed by atoms with van der Waals surface area (Å²) in [6.07, 6.45) is 1.76. The van der Waals surface area contributed by atoms with Crippen molar-refractivity contribution >= 4 is 5.97 Å². The van der Waals surface area contributed by atoms with Gasteiger partial charge in [0.1, 0.15) is 0 Å². The highest BCUT2D eigenvalue weighted by Gasteiger charge is 2.13. The summed E-state index contributed by atoms with van der Waals surface area (Å²) in [6.45, 7) is 2.49. The maximum atomic E-state index is 10.9. The van der Waals surface area contributed by atoms with Crippen LogP contribution in [-0.2, 0) is 6.54 Å². The van der Waals surface area contributed by atoms with Gasteiger partial charge in [-0.1, -0.05) is 30.3 Å². The third kappa shape index (κ3) is 1.82. The molecule has 0 saturated heterocycles. The molecule has 0 saturated carbocycles. The van der Waals surface area contributed by atoms with Gasteiger partial charge < -0.3 is 9.67 Å². The number of hydrogen-bond acceptors (Lipinski definition) is 2. The highest BCUT2D eigenvalue weighted by Crippen LogP contribution is 2.18. The molecule has 0 fully saturated rings. The second-order valence-electron chi connectivity index (χ2n) is 3.41. The molecule has 0 unspecified atom stereocenters. The van der Waals surface area contributed by atoms with Crippen molar-refractivity contribution in [1.82, 2.24) is 9.55 Å². The first-order valence-electron chi connectivity index (χ1n) is 5.08. The molecule has 0 bridgehead atoms. The first-order chi connectivity index (χ1) is 7.72. The molecule has 1 N–H and O–H groups in total. The lowest BCUT2D eigenvalue weighted by Gasteiger charge is -1.97. The van der Waals surface area contributed by atoms with Gasteiger partial charge in [0, 0.05) is 18.3 Å². The molecule has 1 heterocycles. The first-order valence-corrected chi connectivity index (χ1v) is 5.08. The van der Waals surface area contributed by atoms with Crippen molar-refractivity contribution < 1.29 is 9.90 Å². The van der Waals surface area contributed by atoms with Crippen LogP contribution in [0.2, 0.25) is 0 Å². The molecule has 16 heavy (non-hydrogen) atoms. The van der Waals surface area contributed by atoms with Crippen molar-refractivity contribution in [3.63, 3.8) is 0 Å². The minimum atomic E-state index is -0.996. The zero-order chi connectivity index (χ0) is 11.5. The van der Waals surface area contributed by atoms with E-state index >= 15 is 0 Å². The smallest absolute Gasteiger partial charge is 0.372 e. The maximum absolute atomic E-state index is 10.9. The number of nitrogens with zero attached hydrogens (tertiary/aromatic N) is 2. The largest absolute Gasteiger partial charge is 0.475 e. The molecule has 0 atom stereocenters. The van der Waals surface area contributed by atoms with Gasteiger partial charge in [-0.15, -0.1) is 0 Å². The lowest BCUT2D eigenvalue weighted by atomic mass is 10.2. The van der Waals surface area contributed by atoms with E-state index in [0.29, 0.717) is 12.2 Å². The second kappa shape index (κ2) is 4.18. The monoisotopic (exact) mass is 216 g/mol. The number of aryl methyl sites for hydroxylation is 1. The minimum Gasteiger partial charge on any atom is -0.475 e. The van der Waals surface area contributed by atoms with E-state index in [2.05, 4.69) is 4.98 Å². The highest BCUT2D eigenvalue weighted by atomic mass is 16.4. The molecule has 0 aliphatic heterocycles. The quantitative estimate of drug-likeness (QED) is 0.856. The Morgan fingerprint density at radius 3 is 2.56 bits per heavy atom. The van der Waals surface area contributed by atoms with E-state index in [1.165, 1.54) is 0 Å². The Kier molecular flexibility index (Phi) is 2.72. The Labute approximate surface area is 93.2 Å². The number of aromatic nitrogens is 2. The lowest BCUT2D eigenvalue weighted by Crippen LogP contribution is -2.07. The molecule has 4 nitrogen and oxygen atoms in total. The average Bonchev–Trinajstić information content (AvgIpc) is 2.74. The fourth-order valence-corrected chi connectivity index (χ4v) is 1.58. The van der Waals surface area contributed by atoms with Gasteiger partial charge in [-0.05, 0) is 6.92 Å². The Balaban J connectivity index is 2.48. The standard InChI is InChI=1S/C12H12N2O2/c1-2-14-8-10(13-11(14)12(15)16)9-6-4-3-5-7-9/h3-8H,2H2,1H3,(H,15,16). The van der Waals surface area contributed by atoms with E-state index in [9.17, 15) is 4.79 Å². The number of carboxylic acid groups (broad SMARTS) is 1. The minimum absolute atomic E-state index is 0.0846. The molecule has 82 valence electrons. The maximum Gasteiger partial charge on any atom is 0.372 e. The van der Waals surface area contributed by atoms with Crippen molar-refractivity contribution in [2.75, 3.05) is 0 Å². The summed E-state index contributed by atoms with van der Waals surface area (Å²) < 4.78 is 1.63. The van der Waals surface area contributed by atoms with Crippen LogP contribution in [0.15, 0.2) is 36.5 Å². The molecule has 2 aromatic rings. The first kappa shape index (κ1) is 10.4. The third-order valence-electron chi connectivity index (χ3n) is 2.38. The zero-order valence-corrected chi connectivity index (χ0v) is 8.92. The summed E-state index contributed by atoms with van der Waals surface area (Å²) in [5.41, 5.74) is 1.62. The Hall–Kier alpha value is -2.10. The number of rotatable bonds is 3. The fraction of sp³-hybridized carbons (Fsp3) is 0.167. The van der Waals surface area contributed by atoms with E-state index in [4.69, 9.17) is 5.11 Å². The average molecular weight is 216 g/mol. The van der Waals surface area contributed by atoms with Crippen LogP contribution in [0, 0.1) is 0 Å². The van der Waals surface area contributed by atoms with Gasteiger partial charge in [0.15, 0.2) is 0 Å². The molecule has 0 amide bonds. The molecule has 4 heteroatoms. The number of carbonyl (C=O) groups is 1. The summed E-state index contributed by atoms with van der Waals surface area (Å²) in [4.78, 5) is 15.1. The Morgan fingerprint density at radius 2 is 2.06 bits per heavy atom. The van der Waals surface area contributed by atoms with Crippen LogP contribution < -0.4 is 0 Å². The van der Waals surface area contributed by atoms with Gasteiger partial charge in [-0.25, -0.2) is 9.78 Å². The molecule has 0 aliphatic carbocycles. The fourth-order valence-electron chi connectivity index (χ4n) is 1.58. The topological polar surface area (TPSA) is 55.1 Å². The lowest BCUT2D eigenvalue weighted by molar-refractivity contribution is 0.0678. The van der Waals surface area contributed by atoms with Crippen LogP contribution in [0.25, 0.3) is 11.3 Å². The number of aromatic carboxylic acids is 1. The molecule has 2 rings (SSSR count). The van der Waals surface area contributed by atoms with Gasteiger partial charge in [0.25, 0.3) is 0 Å². The molecular weight excluding hydrogens is 204 g/mol. The van der Waals surface area contributed by atoms with E-state index in [0.717, 1.165) is 5.56 Å².